The Morgan fingerprint density at radius 1 is 1.69 bits per heavy atom. The quantitative estimate of drug-likeness (QED) is 0.444. The molecule has 2 rings (SSSR count). The first-order valence-electron chi connectivity index (χ1n) is 5.17. The van der Waals surface area contributed by atoms with E-state index in [1.54, 1.807) is 11.5 Å². The summed E-state index contributed by atoms with van der Waals surface area (Å²) in [5.74, 6) is -0.498. The third-order valence-electron chi connectivity index (χ3n) is 2.47. The molecule has 0 saturated heterocycles. The average molecular weight is 224 g/mol. The zero-order chi connectivity index (χ0) is 11.7. The topological polar surface area (TPSA) is 74.4 Å². The van der Waals surface area contributed by atoms with Crippen LogP contribution in [0, 0.1) is 10.1 Å². The summed E-state index contributed by atoms with van der Waals surface area (Å²) in [6.45, 7) is 1.97. The molecule has 6 heteroatoms. The molecule has 16 heavy (non-hydrogen) atoms. The molecule has 0 unspecified atom stereocenters. The van der Waals surface area contributed by atoms with E-state index in [4.69, 9.17) is 4.74 Å². The molecule has 0 aliphatic heterocycles. The van der Waals surface area contributed by atoms with Gasteiger partial charge in [0.05, 0.1) is 17.7 Å². The molecule has 1 aliphatic rings. The SMILES string of the molecule is CCOC(=O)c1cc([N+](=O)[O-])cn1C1CC1. The predicted octanol–water partition coefficient (Wildman–Crippen LogP) is 1.91. The Kier molecular flexibility index (Phi) is 2.64. The summed E-state index contributed by atoms with van der Waals surface area (Å²) in [5, 5.41) is 10.6. The molecule has 0 atom stereocenters. The molecule has 1 aliphatic carbocycles. The van der Waals surface area contributed by atoms with Gasteiger partial charge < -0.3 is 9.30 Å². The molecular weight excluding hydrogens is 212 g/mol. The summed E-state index contributed by atoms with van der Waals surface area (Å²) >= 11 is 0. The van der Waals surface area contributed by atoms with E-state index in [0.29, 0.717) is 0 Å². The second kappa shape index (κ2) is 3.96. The van der Waals surface area contributed by atoms with Crippen LogP contribution in [0.5, 0.6) is 0 Å². The molecule has 86 valence electrons. The second-order valence-electron chi connectivity index (χ2n) is 3.70. The molecule has 1 fully saturated rings. The van der Waals surface area contributed by atoms with Crippen LogP contribution in [-0.4, -0.2) is 22.1 Å². The highest BCUT2D eigenvalue weighted by atomic mass is 16.6. The van der Waals surface area contributed by atoms with E-state index in [0.717, 1.165) is 12.8 Å². The van der Waals surface area contributed by atoms with Crippen LogP contribution in [0.3, 0.4) is 0 Å². The molecule has 0 spiro atoms. The van der Waals surface area contributed by atoms with Gasteiger partial charge in [-0.1, -0.05) is 0 Å². The number of aromatic nitrogens is 1. The van der Waals surface area contributed by atoms with Gasteiger partial charge in [0.1, 0.15) is 5.69 Å². The van der Waals surface area contributed by atoms with Crippen LogP contribution in [0.4, 0.5) is 5.69 Å². The van der Waals surface area contributed by atoms with E-state index >= 15 is 0 Å². The van der Waals surface area contributed by atoms with Gasteiger partial charge in [-0.3, -0.25) is 10.1 Å². The van der Waals surface area contributed by atoms with Crippen molar-refractivity contribution < 1.29 is 14.5 Å². The van der Waals surface area contributed by atoms with Gasteiger partial charge >= 0.3 is 5.97 Å². The van der Waals surface area contributed by atoms with Crippen molar-refractivity contribution >= 4 is 11.7 Å². The Labute approximate surface area is 92.0 Å². The zero-order valence-corrected chi connectivity index (χ0v) is 8.88. The minimum atomic E-state index is -0.498. The smallest absolute Gasteiger partial charge is 0.355 e. The lowest BCUT2D eigenvalue weighted by Crippen LogP contribution is -2.10. The van der Waals surface area contributed by atoms with Gasteiger partial charge in [0.2, 0.25) is 0 Å². The summed E-state index contributed by atoms with van der Waals surface area (Å²) < 4.78 is 6.51. The first kappa shape index (κ1) is 10.7. The first-order valence-corrected chi connectivity index (χ1v) is 5.17. The number of esters is 1. The van der Waals surface area contributed by atoms with Gasteiger partial charge in [-0.05, 0) is 19.8 Å². The van der Waals surface area contributed by atoms with Crippen molar-refractivity contribution in [3.8, 4) is 0 Å². The van der Waals surface area contributed by atoms with Crippen LogP contribution in [0.15, 0.2) is 12.3 Å². The van der Waals surface area contributed by atoms with Crippen molar-refractivity contribution in [2.75, 3.05) is 6.61 Å². The van der Waals surface area contributed by atoms with E-state index in [1.807, 2.05) is 0 Å². The maximum atomic E-state index is 11.6. The van der Waals surface area contributed by atoms with Crippen molar-refractivity contribution in [1.29, 1.82) is 0 Å². The third kappa shape index (κ3) is 1.91. The Balaban J connectivity index is 2.33. The van der Waals surface area contributed by atoms with Crippen molar-refractivity contribution in [3.63, 3.8) is 0 Å². The minimum Gasteiger partial charge on any atom is -0.461 e. The summed E-state index contributed by atoms with van der Waals surface area (Å²) in [6.07, 6.45) is 3.32. The van der Waals surface area contributed by atoms with Crippen LogP contribution in [0.1, 0.15) is 36.3 Å². The fourth-order valence-corrected chi connectivity index (χ4v) is 1.59. The first-order chi connectivity index (χ1) is 7.63. The molecular formula is C10H12N2O4. The fourth-order valence-electron chi connectivity index (χ4n) is 1.59. The molecule has 6 nitrogen and oxygen atoms in total. The predicted molar refractivity (Wildman–Crippen MR) is 55.3 cm³/mol. The van der Waals surface area contributed by atoms with Crippen molar-refractivity contribution in [2.45, 2.75) is 25.8 Å². The number of hydrogen-bond acceptors (Lipinski definition) is 4. The number of rotatable bonds is 4. The lowest BCUT2D eigenvalue weighted by atomic mass is 10.4. The van der Waals surface area contributed by atoms with Gasteiger partial charge in [0, 0.05) is 12.1 Å². The van der Waals surface area contributed by atoms with E-state index in [-0.39, 0.29) is 24.0 Å². The summed E-state index contributed by atoms with van der Waals surface area (Å²) in [7, 11) is 0. The van der Waals surface area contributed by atoms with Crippen molar-refractivity contribution in [1.82, 2.24) is 4.57 Å². The molecule has 1 saturated carbocycles. The summed E-state index contributed by atoms with van der Waals surface area (Å²) in [5.41, 5.74) is 0.214. The number of ether oxygens (including phenoxy) is 1. The summed E-state index contributed by atoms with van der Waals surface area (Å²) in [6, 6.07) is 1.49. The largest absolute Gasteiger partial charge is 0.461 e. The van der Waals surface area contributed by atoms with Crippen LogP contribution in [0.2, 0.25) is 0 Å². The van der Waals surface area contributed by atoms with Gasteiger partial charge in [-0.15, -0.1) is 0 Å². The second-order valence-corrected chi connectivity index (χ2v) is 3.70. The molecule has 0 aromatic carbocycles. The third-order valence-corrected chi connectivity index (χ3v) is 2.47. The Bertz CT molecular complexity index is 434. The summed E-state index contributed by atoms with van der Waals surface area (Å²) in [4.78, 5) is 21.7. The number of hydrogen-bond donors (Lipinski definition) is 0. The monoisotopic (exact) mass is 224 g/mol. The van der Waals surface area contributed by atoms with E-state index in [9.17, 15) is 14.9 Å². The van der Waals surface area contributed by atoms with Gasteiger partial charge in [0.15, 0.2) is 0 Å². The molecule has 0 N–H and O–H groups in total. The number of nitrogens with zero attached hydrogens (tertiary/aromatic N) is 2. The number of carbonyl (C=O) groups excluding carboxylic acids is 1. The number of carbonyl (C=O) groups is 1. The Hall–Kier alpha value is -1.85. The molecule has 1 heterocycles. The highest BCUT2D eigenvalue weighted by Crippen LogP contribution is 2.38. The Morgan fingerprint density at radius 3 is 2.88 bits per heavy atom. The van der Waals surface area contributed by atoms with Crippen LogP contribution >= 0.6 is 0 Å². The zero-order valence-electron chi connectivity index (χ0n) is 8.88. The molecule has 1 aromatic rings. The van der Waals surface area contributed by atoms with Crippen molar-refractivity contribution in [3.05, 3.63) is 28.1 Å². The van der Waals surface area contributed by atoms with E-state index in [1.165, 1.54) is 12.3 Å². The fraction of sp³-hybridized carbons (Fsp3) is 0.500. The van der Waals surface area contributed by atoms with Crippen LogP contribution in [0.25, 0.3) is 0 Å². The lowest BCUT2D eigenvalue weighted by Gasteiger charge is -2.05. The molecule has 0 amide bonds. The van der Waals surface area contributed by atoms with E-state index in [2.05, 4.69) is 0 Å². The Morgan fingerprint density at radius 2 is 2.38 bits per heavy atom. The average Bonchev–Trinajstić information content (AvgIpc) is 2.97. The standard InChI is InChI=1S/C10H12N2O4/c1-2-16-10(13)9-5-8(12(14)15)6-11(9)7-3-4-7/h5-7H,2-4H2,1H3. The van der Waals surface area contributed by atoms with Crippen LogP contribution < -0.4 is 0 Å². The lowest BCUT2D eigenvalue weighted by molar-refractivity contribution is -0.384. The van der Waals surface area contributed by atoms with Gasteiger partial charge in [0.25, 0.3) is 5.69 Å². The maximum absolute atomic E-state index is 11.6. The highest BCUT2D eigenvalue weighted by molar-refractivity contribution is 5.88. The minimum absolute atomic E-state index is 0.0602. The van der Waals surface area contributed by atoms with Crippen molar-refractivity contribution in [2.24, 2.45) is 0 Å². The molecule has 0 bridgehead atoms. The van der Waals surface area contributed by atoms with Crippen LogP contribution in [-0.2, 0) is 4.74 Å². The molecule has 1 aromatic heterocycles. The van der Waals surface area contributed by atoms with Gasteiger partial charge in [-0.2, -0.15) is 0 Å². The maximum Gasteiger partial charge on any atom is 0.355 e. The normalized spacial score (nSPS) is 14.8. The van der Waals surface area contributed by atoms with Gasteiger partial charge in [-0.25, -0.2) is 4.79 Å². The number of nitro groups is 1. The molecule has 0 radical (unpaired) electrons. The highest BCUT2D eigenvalue weighted by Gasteiger charge is 2.30. The van der Waals surface area contributed by atoms with E-state index < -0.39 is 10.9 Å².